The lowest BCUT2D eigenvalue weighted by Gasteiger charge is -2.13. The molecule has 0 aliphatic heterocycles. The van der Waals surface area contributed by atoms with Crippen LogP contribution in [0.2, 0.25) is 0 Å². The molecule has 0 heterocycles. The zero-order chi connectivity index (χ0) is 11.5. The van der Waals surface area contributed by atoms with Crippen LogP contribution in [0.15, 0.2) is 24.3 Å². The molecule has 1 aromatic carbocycles. The second-order valence-electron chi connectivity index (χ2n) is 3.22. The fourth-order valence-corrected chi connectivity index (χ4v) is 1.12. The molecule has 0 aliphatic rings. The van der Waals surface area contributed by atoms with Gasteiger partial charge in [-0.05, 0) is 30.5 Å². The van der Waals surface area contributed by atoms with Crippen molar-refractivity contribution < 1.29 is 22.7 Å². The van der Waals surface area contributed by atoms with E-state index in [1.807, 2.05) is 0 Å². The van der Waals surface area contributed by atoms with Crippen LogP contribution in [-0.2, 0) is 6.42 Å². The third-order valence-electron chi connectivity index (χ3n) is 2.00. The molecule has 0 aliphatic carbocycles. The van der Waals surface area contributed by atoms with E-state index in [-0.39, 0.29) is 6.42 Å². The zero-order valence-electron chi connectivity index (χ0n) is 7.76. The van der Waals surface area contributed by atoms with E-state index < -0.39 is 24.5 Å². The van der Waals surface area contributed by atoms with E-state index in [4.69, 9.17) is 5.11 Å². The minimum Gasteiger partial charge on any atom is -0.384 e. The number of benzene rings is 1. The summed E-state index contributed by atoms with van der Waals surface area (Å²) in [6, 6.07) is 5.15. The van der Waals surface area contributed by atoms with E-state index in [9.17, 15) is 17.6 Å². The summed E-state index contributed by atoms with van der Waals surface area (Å²) < 4.78 is 48.2. The standard InChI is InChI=1S/C10H10F4O/c11-8-4-1-7(2-5-8)3-6-9(15)10(12,13)14/h1-2,4-5,9,15H,3,6H2/t9-/m0/s1. The molecule has 0 amide bonds. The van der Waals surface area contributed by atoms with E-state index in [2.05, 4.69) is 0 Å². The Morgan fingerprint density at radius 1 is 1.13 bits per heavy atom. The summed E-state index contributed by atoms with van der Waals surface area (Å²) in [5, 5.41) is 8.70. The first kappa shape index (κ1) is 12.0. The summed E-state index contributed by atoms with van der Waals surface area (Å²) >= 11 is 0. The Labute approximate surface area is 84.3 Å². The molecule has 0 aromatic heterocycles. The lowest BCUT2D eigenvalue weighted by atomic mass is 10.1. The molecule has 0 spiro atoms. The largest absolute Gasteiger partial charge is 0.414 e. The molecule has 0 fully saturated rings. The van der Waals surface area contributed by atoms with Gasteiger partial charge in [-0.15, -0.1) is 0 Å². The summed E-state index contributed by atoms with van der Waals surface area (Å²) in [7, 11) is 0. The second-order valence-corrected chi connectivity index (χ2v) is 3.22. The highest BCUT2D eigenvalue weighted by Crippen LogP contribution is 2.23. The first-order valence-corrected chi connectivity index (χ1v) is 4.39. The highest BCUT2D eigenvalue weighted by Gasteiger charge is 2.37. The van der Waals surface area contributed by atoms with Gasteiger partial charge in [-0.1, -0.05) is 12.1 Å². The molecule has 5 heteroatoms. The molecule has 0 radical (unpaired) electrons. The van der Waals surface area contributed by atoms with Gasteiger partial charge in [0.05, 0.1) is 0 Å². The summed E-state index contributed by atoms with van der Waals surface area (Å²) in [6.07, 6.45) is -7.24. The van der Waals surface area contributed by atoms with E-state index in [0.717, 1.165) is 0 Å². The lowest BCUT2D eigenvalue weighted by Crippen LogP contribution is -2.28. The van der Waals surface area contributed by atoms with Crippen molar-refractivity contribution in [3.8, 4) is 0 Å². The van der Waals surface area contributed by atoms with Gasteiger partial charge in [-0.2, -0.15) is 13.2 Å². The molecule has 0 saturated carbocycles. The van der Waals surface area contributed by atoms with Crippen LogP contribution >= 0.6 is 0 Å². The number of aryl methyl sites for hydroxylation is 1. The van der Waals surface area contributed by atoms with Gasteiger partial charge >= 0.3 is 6.18 Å². The smallest absolute Gasteiger partial charge is 0.384 e. The van der Waals surface area contributed by atoms with Crippen molar-refractivity contribution in [2.75, 3.05) is 0 Å². The van der Waals surface area contributed by atoms with Crippen molar-refractivity contribution in [2.24, 2.45) is 0 Å². The number of rotatable bonds is 3. The molecule has 84 valence electrons. The van der Waals surface area contributed by atoms with Crippen molar-refractivity contribution in [3.05, 3.63) is 35.6 Å². The van der Waals surface area contributed by atoms with Gasteiger partial charge in [0.25, 0.3) is 0 Å². The quantitative estimate of drug-likeness (QED) is 0.779. The average molecular weight is 222 g/mol. The van der Waals surface area contributed by atoms with Crippen molar-refractivity contribution in [1.29, 1.82) is 0 Å². The number of alkyl halides is 3. The maximum Gasteiger partial charge on any atom is 0.414 e. The number of hydrogen-bond donors (Lipinski definition) is 1. The second kappa shape index (κ2) is 4.61. The van der Waals surface area contributed by atoms with E-state index >= 15 is 0 Å². The fraction of sp³-hybridized carbons (Fsp3) is 0.400. The minimum atomic E-state index is -4.58. The zero-order valence-corrected chi connectivity index (χ0v) is 7.76. The van der Waals surface area contributed by atoms with E-state index in [1.165, 1.54) is 24.3 Å². The van der Waals surface area contributed by atoms with Crippen LogP contribution in [0.25, 0.3) is 0 Å². The Hall–Kier alpha value is -1.10. The van der Waals surface area contributed by atoms with Crippen molar-refractivity contribution >= 4 is 0 Å². The fourth-order valence-electron chi connectivity index (χ4n) is 1.12. The average Bonchev–Trinajstić information content (AvgIpc) is 2.15. The SMILES string of the molecule is O[C@@H](CCc1ccc(F)cc1)C(F)(F)F. The topological polar surface area (TPSA) is 20.2 Å². The highest BCUT2D eigenvalue weighted by molar-refractivity contribution is 5.16. The van der Waals surface area contributed by atoms with Gasteiger partial charge < -0.3 is 5.11 Å². The summed E-state index contributed by atoms with van der Waals surface area (Å²) in [6.45, 7) is 0. The minimum absolute atomic E-state index is 0.0704. The lowest BCUT2D eigenvalue weighted by molar-refractivity contribution is -0.205. The van der Waals surface area contributed by atoms with Crippen LogP contribution in [0.1, 0.15) is 12.0 Å². The molecule has 0 unspecified atom stereocenters. The Morgan fingerprint density at radius 2 is 1.67 bits per heavy atom. The summed E-state index contributed by atoms with van der Waals surface area (Å²) in [5.41, 5.74) is 0.569. The van der Waals surface area contributed by atoms with Crippen molar-refractivity contribution in [3.63, 3.8) is 0 Å². The van der Waals surface area contributed by atoms with Crippen LogP contribution in [0.4, 0.5) is 17.6 Å². The molecule has 15 heavy (non-hydrogen) atoms. The number of hydrogen-bond acceptors (Lipinski definition) is 1. The molecule has 1 nitrogen and oxygen atoms in total. The molecule has 0 bridgehead atoms. The Kier molecular flexibility index (Phi) is 3.68. The van der Waals surface area contributed by atoms with Crippen LogP contribution in [0, 0.1) is 5.82 Å². The van der Waals surface area contributed by atoms with Crippen LogP contribution < -0.4 is 0 Å². The summed E-state index contributed by atoms with van der Waals surface area (Å²) in [5.74, 6) is -0.435. The Balaban J connectivity index is 2.47. The molecule has 0 saturated heterocycles. The first-order chi connectivity index (χ1) is 6.89. The monoisotopic (exact) mass is 222 g/mol. The van der Waals surface area contributed by atoms with Crippen LogP contribution in [0.5, 0.6) is 0 Å². The normalized spacial score (nSPS) is 13.9. The number of halogens is 4. The Bertz CT molecular complexity index is 304. The van der Waals surface area contributed by atoms with Gasteiger partial charge in [0, 0.05) is 0 Å². The molecule has 1 atom stereocenters. The number of aliphatic hydroxyl groups excluding tert-OH is 1. The van der Waals surface area contributed by atoms with Crippen molar-refractivity contribution in [1.82, 2.24) is 0 Å². The third-order valence-corrected chi connectivity index (χ3v) is 2.00. The van der Waals surface area contributed by atoms with Gasteiger partial charge in [-0.3, -0.25) is 0 Å². The molecular weight excluding hydrogens is 212 g/mol. The molecular formula is C10H10F4O. The maximum absolute atomic E-state index is 12.4. The molecule has 1 rings (SSSR count). The van der Waals surface area contributed by atoms with Gasteiger partial charge in [-0.25, -0.2) is 4.39 Å². The third kappa shape index (κ3) is 3.87. The summed E-state index contributed by atoms with van der Waals surface area (Å²) in [4.78, 5) is 0. The van der Waals surface area contributed by atoms with E-state index in [0.29, 0.717) is 5.56 Å². The predicted molar refractivity (Wildman–Crippen MR) is 46.8 cm³/mol. The maximum atomic E-state index is 12.4. The number of aliphatic hydroxyl groups is 1. The van der Waals surface area contributed by atoms with Crippen LogP contribution in [0.3, 0.4) is 0 Å². The highest BCUT2D eigenvalue weighted by atomic mass is 19.4. The first-order valence-electron chi connectivity index (χ1n) is 4.39. The van der Waals surface area contributed by atoms with Crippen LogP contribution in [-0.4, -0.2) is 17.4 Å². The molecule has 1 N–H and O–H groups in total. The van der Waals surface area contributed by atoms with Gasteiger partial charge in [0.1, 0.15) is 11.9 Å². The predicted octanol–water partition coefficient (Wildman–Crippen LogP) is 2.68. The van der Waals surface area contributed by atoms with Gasteiger partial charge in [0.15, 0.2) is 0 Å². The molecule has 1 aromatic rings. The van der Waals surface area contributed by atoms with Crippen molar-refractivity contribution in [2.45, 2.75) is 25.1 Å². The Morgan fingerprint density at radius 3 is 2.13 bits per heavy atom. The van der Waals surface area contributed by atoms with E-state index in [1.54, 1.807) is 0 Å². The van der Waals surface area contributed by atoms with Gasteiger partial charge in [0.2, 0.25) is 0 Å².